The summed E-state index contributed by atoms with van der Waals surface area (Å²) in [4.78, 5) is 63.0. The largest absolute Gasteiger partial charge is 0.544 e. The van der Waals surface area contributed by atoms with Crippen LogP contribution in [0.5, 0.6) is 0 Å². The van der Waals surface area contributed by atoms with E-state index < -0.39 is 23.7 Å². The number of anilines is 2. The molecular weight excluding hydrogens is 759 g/mol. The molecule has 3 amide bonds. The number of halogens is 4. The zero-order chi connectivity index (χ0) is 40.4. The van der Waals surface area contributed by atoms with Gasteiger partial charge in [0.05, 0.1) is 78.6 Å². The Kier molecular flexibility index (Phi) is 11.7. The molecule has 2 aliphatic heterocycles. The van der Waals surface area contributed by atoms with E-state index in [-0.39, 0.29) is 63.5 Å². The molecule has 4 aromatic rings. The summed E-state index contributed by atoms with van der Waals surface area (Å²) in [5.41, 5.74) is 10.5. The van der Waals surface area contributed by atoms with Gasteiger partial charge >= 0.3 is 6.18 Å². The number of carboxylic acid groups (broad SMARTS) is 1. The van der Waals surface area contributed by atoms with Gasteiger partial charge in [0.2, 0.25) is 5.91 Å². The van der Waals surface area contributed by atoms with Crippen molar-refractivity contribution in [3.8, 4) is 17.1 Å². The fourth-order valence-electron chi connectivity index (χ4n) is 7.27. The number of quaternary nitrogens is 1. The maximum absolute atomic E-state index is 14.1. The lowest BCUT2D eigenvalue weighted by atomic mass is 9.94. The van der Waals surface area contributed by atoms with Crippen molar-refractivity contribution in [1.29, 1.82) is 0 Å². The summed E-state index contributed by atoms with van der Waals surface area (Å²) in [5, 5.41) is 17.8. The number of hydrogen-bond donors (Lipinski definition) is 3. The number of alkyl halides is 3. The molecule has 0 aliphatic carbocycles. The maximum Gasteiger partial charge on any atom is 0.435 e. The van der Waals surface area contributed by atoms with E-state index in [0.717, 1.165) is 17.1 Å². The van der Waals surface area contributed by atoms with Crippen molar-refractivity contribution in [1.82, 2.24) is 34.1 Å². The van der Waals surface area contributed by atoms with Gasteiger partial charge in [0.25, 0.3) is 11.8 Å². The van der Waals surface area contributed by atoms with E-state index in [2.05, 4.69) is 20.4 Å². The number of aliphatic carboxylic acids is 1. The predicted octanol–water partition coefficient (Wildman–Crippen LogP) is 1.78. The first-order valence-corrected chi connectivity index (χ1v) is 18.3. The Morgan fingerprint density at radius 1 is 1.02 bits per heavy atom. The second-order valence-corrected chi connectivity index (χ2v) is 14.4. The number of piperazine rings is 1. The quantitative estimate of drug-likeness (QED) is 0.187. The van der Waals surface area contributed by atoms with Gasteiger partial charge in [0.1, 0.15) is 6.54 Å². The van der Waals surface area contributed by atoms with Gasteiger partial charge in [-0.1, -0.05) is 11.6 Å². The number of pyridine rings is 1. The topological polar surface area (TPSA) is 210 Å². The van der Waals surface area contributed by atoms with Crippen molar-refractivity contribution in [3.63, 3.8) is 0 Å². The van der Waals surface area contributed by atoms with Gasteiger partial charge in [-0.25, -0.2) is 14.6 Å². The van der Waals surface area contributed by atoms with Crippen molar-refractivity contribution in [2.45, 2.75) is 25.4 Å². The van der Waals surface area contributed by atoms with Crippen molar-refractivity contribution < 1.29 is 41.9 Å². The van der Waals surface area contributed by atoms with Crippen LogP contribution in [0.1, 0.15) is 45.9 Å². The smallest absolute Gasteiger partial charge is 0.435 e. The summed E-state index contributed by atoms with van der Waals surface area (Å²) >= 11 is 6.52. The Labute approximate surface area is 324 Å². The van der Waals surface area contributed by atoms with Crippen LogP contribution in [-0.2, 0) is 22.8 Å². The SMILES string of the molecule is Cn1c(-c2cn(-c3ccc(N)cn3)nc2C(F)(F)F)cnc1C(=O)Nc1ccc(C(=O)N2CCC(C(=O)N3CC[N+](CCCN)(CC(=O)[O-])CC3)CC2)c(Cl)c1. The highest BCUT2D eigenvalue weighted by Gasteiger charge is 2.40. The lowest BCUT2D eigenvalue weighted by Crippen LogP contribution is -2.64. The summed E-state index contributed by atoms with van der Waals surface area (Å²) in [5.74, 6) is -2.59. The maximum atomic E-state index is 14.1. The highest BCUT2D eigenvalue weighted by atomic mass is 35.5. The number of carboxylic acids is 1. The first kappa shape index (κ1) is 40.1. The number of nitrogens with two attached hydrogens (primary N) is 2. The molecule has 5 N–H and O–H groups in total. The normalized spacial score (nSPS) is 16.2. The Hall–Kier alpha value is -5.53. The van der Waals surface area contributed by atoms with Crippen molar-refractivity contribution in [2.24, 2.45) is 18.7 Å². The van der Waals surface area contributed by atoms with Crippen LogP contribution < -0.4 is 21.9 Å². The van der Waals surface area contributed by atoms with E-state index in [4.69, 9.17) is 23.1 Å². The molecule has 56 heavy (non-hydrogen) atoms. The molecule has 16 nitrogen and oxygen atoms in total. The summed E-state index contributed by atoms with van der Waals surface area (Å²) in [6.07, 6.45) is 0.314. The number of nitrogens with zero attached hydrogens (tertiary/aromatic N) is 8. The van der Waals surface area contributed by atoms with Gasteiger partial charge in [0, 0.05) is 44.4 Å². The van der Waals surface area contributed by atoms with Crippen LogP contribution in [0, 0.1) is 5.92 Å². The van der Waals surface area contributed by atoms with E-state index >= 15 is 0 Å². The first-order valence-electron chi connectivity index (χ1n) is 17.9. The molecule has 6 rings (SSSR count). The first-order chi connectivity index (χ1) is 26.6. The van der Waals surface area contributed by atoms with Crippen molar-refractivity contribution in [3.05, 3.63) is 71.0 Å². The Balaban J connectivity index is 1.06. The molecule has 0 radical (unpaired) electrons. The Morgan fingerprint density at radius 3 is 2.34 bits per heavy atom. The number of imidazole rings is 1. The average Bonchev–Trinajstić information content (AvgIpc) is 3.78. The van der Waals surface area contributed by atoms with E-state index in [1.807, 2.05) is 0 Å². The fourth-order valence-corrected chi connectivity index (χ4v) is 7.54. The molecule has 2 aliphatic rings. The number of aromatic nitrogens is 5. The van der Waals surface area contributed by atoms with Crippen LogP contribution in [0.3, 0.4) is 0 Å². The predicted molar refractivity (Wildman–Crippen MR) is 196 cm³/mol. The summed E-state index contributed by atoms with van der Waals surface area (Å²) in [6.45, 7) is 3.49. The number of nitrogens with one attached hydrogen (secondary N) is 1. The average molecular weight is 800 g/mol. The summed E-state index contributed by atoms with van der Waals surface area (Å²) in [6, 6.07) is 7.22. The van der Waals surface area contributed by atoms with Crippen LogP contribution in [0.25, 0.3) is 17.1 Å². The molecule has 20 heteroatoms. The number of piperidine rings is 1. The molecule has 5 heterocycles. The third-order valence-corrected chi connectivity index (χ3v) is 10.7. The zero-order valence-electron chi connectivity index (χ0n) is 30.5. The number of rotatable bonds is 11. The number of benzene rings is 1. The molecule has 0 bridgehead atoms. The number of amides is 3. The molecule has 0 unspecified atom stereocenters. The minimum absolute atomic E-state index is 0.00791. The van der Waals surface area contributed by atoms with E-state index in [1.165, 1.54) is 48.1 Å². The van der Waals surface area contributed by atoms with E-state index in [1.54, 1.807) is 9.80 Å². The molecule has 1 aromatic carbocycles. The third kappa shape index (κ3) is 8.63. The Morgan fingerprint density at radius 2 is 1.73 bits per heavy atom. The third-order valence-electron chi connectivity index (χ3n) is 10.3. The van der Waals surface area contributed by atoms with Crippen LogP contribution in [0.4, 0.5) is 24.5 Å². The van der Waals surface area contributed by atoms with Crippen LogP contribution in [-0.4, -0.2) is 121 Å². The minimum atomic E-state index is -4.83. The number of nitrogen functional groups attached to an aromatic ring is 1. The Bertz CT molecular complexity index is 2110. The van der Waals surface area contributed by atoms with Gasteiger partial charge in [-0.05, 0) is 49.7 Å². The van der Waals surface area contributed by atoms with Gasteiger partial charge < -0.3 is 45.5 Å². The van der Waals surface area contributed by atoms with Gasteiger partial charge in [-0.15, -0.1) is 0 Å². The fraction of sp³-hybridized carbons (Fsp3) is 0.417. The monoisotopic (exact) mass is 799 g/mol. The number of carbonyl (C=O) groups excluding carboxylic acids is 4. The molecular formula is C36H41ClF3N11O5. The van der Waals surface area contributed by atoms with E-state index in [0.29, 0.717) is 81.8 Å². The molecule has 0 atom stereocenters. The van der Waals surface area contributed by atoms with Crippen molar-refractivity contribution >= 4 is 46.7 Å². The molecule has 0 spiro atoms. The molecule has 3 aromatic heterocycles. The van der Waals surface area contributed by atoms with Gasteiger partial charge in [-0.3, -0.25) is 14.4 Å². The number of likely N-dealkylation sites (tertiary alicyclic amines) is 1. The van der Waals surface area contributed by atoms with Crippen LogP contribution in [0.2, 0.25) is 5.02 Å². The molecule has 2 fully saturated rings. The lowest BCUT2D eigenvalue weighted by molar-refractivity contribution is -0.926. The van der Waals surface area contributed by atoms with Gasteiger partial charge in [0.15, 0.2) is 17.3 Å². The molecule has 2 saturated heterocycles. The number of hydrogen-bond acceptors (Lipinski definition) is 10. The molecule has 298 valence electrons. The minimum Gasteiger partial charge on any atom is -0.544 e. The highest BCUT2D eigenvalue weighted by molar-refractivity contribution is 6.34. The van der Waals surface area contributed by atoms with Crippen LogP contribution in [0.15, 0.2) is 48.9 Å². The number of carbonyl (C=O) groups is 4. The lowest BCUT2D eigenvalue weighted by Gasteiger charge is -2.46. The van der Waals surface area contributed by atoms with Crippen LogP contribution >= 0.6 is 11.6 Å². The van der Waals surface area contributed by atoms with Crippen molar-refractivity contribution in [2.75, 3.05) is 70.0 Å². The highest BCUT2D eigenvalue weighted by Crippen LogP contribution is 2.37. The second kappa shape index (κ2) is 16.3. The standard InChI is InChI=1S/C36H41ClF3N11O5/c1-47-28(26-20-50(46-31(26)36(38,39)40)29-6-3-23(42)18-43-29)19-44-32(47)33(54)45-24-4-5-25(27(37)17-24)35(56)48-10-7-22(8-11-48)34(55)49-12-15-51(16-13-49,14-2-9-41)21-30(52)53/h3-6,17-20,22H,2,7-16,21,41-42H2,1H3,(H-,45,52,53,54,56). The zero-order valence-corrected chi connectivity index (χ0v) is 31.2. The van der Waals surface area contributed by atoms with Gasteiger partial charge in [-0.2, -0.15) is 18.3 Å². The second-order valence-electron chi connectivity index (χ2n) is 14.0. The summed E-state index contributed by atoms with van der Waals surface area (Å²) < 4.78 is 44.7. The molecule has 0 saturated carbocycles. The van der Waals surface area contributed by atoms with E-state index in [9.17, 15) is 37.5 Å². The summed E-state index contributed by atoms with van der Waals surface area (Å²) in [7, 11) is 1.39.